The molecule has 0 unspecified atom stereocenters. The number of pyridine rings is 1. The van der Waals surface area contributed by atoms with E-state index in [4.69, 9.17) is 5.73 Å². The van der Waals surface area contributed by atoms with Crippen molar-refractivity contribution < 1.29 is 4.79 Å². The maximum Gasteiger partial charge on any atom is 0.256 e. The number of nitrogens with two attached hydrogens (primary N) is 1. The highest BCUT2D eigenvalue weighted by atomic mass is 16.1. The summed E-state index contributed by atoms with van der Waals surface area (Å²) in [5.74, 6) is 1.01. The molecule has 1 fully saturated rings. The molecule has 4 N–H and O–H groups in total. The molecular formula is C21H23N7O. The summed E-state index contributed by atoms with van der Waals surface area (Å²) in [7, 11) is 0. The van der Waals surface area contributed by atoms with Crippen LogP contribution < -0.4 is 16.0 Å². The first kappa shape index (κ1) is 18.7. The largest absolute Gasteiger partial charge is 0.365 e. The van der Waals surface area contributed by atoms with Gasteiger partial charge in [0, 0.05) is 36.8 Å². The van der Waals surface area contributed by atoms with Gasteiger partial charge in [0.2, 0.25) is 0 Å². The number of H-pyrrole nitrogens is 1. The van der Waals surface area contributed by atoms with E-state index in [9.17, 15) is 4.79 Å². The van der Waals surface area contributed by atoms with Crippen LogP contribution in [0.3, 0.4) is 0 Å². The van der Waals surface area contributed by atoms with E-state index in [0.29, 0.717) is 5.82 Å². The number of nitrogens with one attached hydrogen (secondary N) is 2. The number of amides is 1. The number of rotatable bonds is 6. The molecule has 1 aliphatic rings. The Bertz CT molecular complexity index is 1030. The standard InChI is InChI=1S/C21H23N7O/c1-14-5-4-6-16(11-14)25-21-18(19(22)29)20(26-27-21)24-13-15-7-8-17(23-12-15)28-9-2-3-10-28/h4-8,11-13H,2-3,9-10H2,1H3,(H2,22,29)(H2,25,26,27). The van der Waals surface area contributed by atoms with Gasteiger partial charge in [0.25, 0.3) is 5.91 Å². The number of hydrogen-bond acceptors (Lipinski definition) is 6. The van der Waals surface area contributed by atoms with Crippen LogP contribution in [0.1, 0.15) is 34.3 Å². The number of aryl methyl sites for hydroxylation is 1. The van der Waals surface area contributed by atoms with Gasteiger partial charge in [-0.3, -0.25) is 9.89 Å². The number of hydrogen-bond donors (Lipinski definition) is 3. The Labute approximate surface area is 168 Å². The summed E-state index contributed by atoms with van der Waals surface area (Å²) in [6.45, 7) is 4.09. The molecule has 3 heterocycles. The third-order valence-electron chi connectivity index (χ3n) is 4.82. The van der Waals surface area contributed by atoms with Crippen molar-refractivity contribution >= 4 is 35.3 Å². The molecule has 0 saturated carbocycles. The van der Waals surface area contributed by atoms with Gasteiger partial charge >= 0.3 is 0 Å². The van der Waals surface area contributed by atoms with Crippen LogP contribution >= 0.6 is 0 Å². The predicted molar refractivity (Wildman–Crippen MR) is 115 cm³/mol. The molecule has 1 amide bonds. The Balaban J connectivity index is 1.53. The van der Waals surface area contributed by atoms with Crippen LogP contribution in [0.15, 0.2) is 47.6 Å². The van der Waals surface area contributed by atoms with Gasteiger partial charge in [-0.2, -0.15) is 5.10 Å². The van der Waals surface area contributed by atoms with Crippen molar-refractivity contribution in [1.82, 2.24) is 15.2 Å². The van der Waals surface area contributed by atoms with Crippen LogP contribution in [0.5, 0.6) is 0 Å². The molecule has 29 heavy (non-hydrogen) atoms. The van der Waals surface area contributed by atoms with Crippen molar-refractivity contribution in [2.45, 2.75) is 19.8 Å². The molecule has 4 rings (SSSR count). The van der Waals surface area contributed by atoms with Crippen molar-refractivity contribution in [2.24, 2.45) is 10.7 Å². The summed E-state index contributed by atoms with van der Waals surface area (Å²) in [5.41, 5.74) is 8.53. The highest BCUT2D eigenvalue weighted by Gasteiger charge is 2.18. The van der Waals surface area contributed by atoms with E-state index < -0.39 is 5.91 Å². The van der Waals surface area contributed by atoms with Gasteiger partial charge in [-0.05, 0) is 49.6 Å². The molecule has 0 radical (unpaired) electrons. The molecule has 0 aliphatic carbocycles. The Morgan fingerprint density at radius 3 is 2.79 bits per heavy atom. The number of aromatic amines is 1. The van der Waals surface area contributed by atoms with Crippen molar-refractivity contribution in [1.29, 1.82) is 0 Å². The van der Waals surface area contributed by atoms with Gasteiger partial charge in [0.05, 0.1) is 0 Å². The number of nitrogens with zero attached hydrogens (tertiary/aromatic N) is 4. The lowest BCUT2D eigenvalue weighted by atomic mass is 10.2. The molecule has 8 heteroatoms. The molecule has 2 aromatic heterocycles. The van der Waals surface area contributed by atoms with Gasteiger partial charge in [0.1, 0.15) is 17.2 Å². The first-order valence-electron chi connectivity index (χ1n) is 9.57. The van der Waals surface area contributed by atoms with Gasteiger partial charge in [0.15, 0.2) is 5.82 Å². The highest BCUT2D eigenvalue weighted by Crippen LogP contribution is 2.26. The monoisotopic (exact) mass is 389 g/mol. The summed E-state index contributed by atoms with van der Waals surface area (Å²) in [6.07, 6.45) is 5.80. The van der Waals surface area contributed by atoms with Crippen LogP contribution in [0.2, 0.25) is 0 Å². The number of primary amides is 1. The molecule has 148 valence electrons. The smallest absolute Gasteiger partial charge is 0.256 e. The van der Waals surface area contributed by atoms with Crippen molar-refractivity contribution in [3.8, 4) is 0 Å². The average molecular weight is 389 g/mol. The third-order valence-corrected chi connectivity index (χ3v) is 4.82. The number of carbonyl (C=O) groups is 1. The second kappa shape index (κ2) is 8.14. The topological polar surface area (TPSA) is 112 Å². The Hall–Kier alpha value is -3.68. The minimum absolute atomic E-state index is 0.212. The zero-order valence-corrected chi connectivity index (χ0v) is 16.2. The van der Waals surface area contributed by atoms with E-state index in [0.717, 1.165) is 35.7 Å². The van der Waals surface area contributed by atoms with E-state index in [1.54, 1.807) is 12.4 Å². The van der Waals surface area contributed by atoms with E-state index in [-0.39, 0.29) is 11.4 Å². The van der Waals surface area contributed by atoms with E-state index >= 15 is 0 Å². The zero-order valence-electron chi connectivity index (χ0n) is 16.2. The van der Waals surface area contributed by atoms with E-state index in [1.807, 2.05) is 43.3 Å². The number of aromatic nitrogens is 3. The Kier molecular flexibility index (Phi) is 5.24. The molecule has 3 aromatic rings. The molecule has 0 spiro atoms. The van der Waals surface area contributed by atoms with Crippen molar-refractivity contribution in [3.05, 3.63) is 59.3 Å². The Morgan fingerprint density at radius 2 is 2.10 bits per heavy atom. The summed E-state index contributed by atoms with van der Waals surface area (Å²) >= 11 is 0. The SMILES string of the molecule is Cc1cccc(Nc2[nH]nc(N=Cc3ccc(N4CCCC4)nc3)c2C(N)=O)c1. The van der Waals surface area contributed by atoms with Crippen LogP contribution in [0.4, 0.5) is 23.1 Å². The normalized spacial score (nSPS) is 13.9. The predicted octanol–water partition coefficient (Wildman–Crippen LogP) is 3.31. The lowest BCUT2D eigenvalue weighted by Gasteiger charge is -2.15. The Morgan fingerprint density at radius 1 is 1.28 bits per heavy atom. The van der Waals surface area contributed by atoms with Gasteiger partial charge in [-0.15, -0.1) is 0 Å². The molecule has 1 aliphatic heterocycles. The fraction of sp³-hybridized carbons (Fsp3) is 0.238. The molecule has 0 atom stereocenters. The summed E-state index contributed by atoms with van der Waals surface area (Å²) in [5, 5.41) is 10.1. The van der Waals surface area contributed by atoms with Gasteiger partial charge in [-0.25, -0.2) is 9.98 Å². The molecule has 0 bridgehead atoms. The first-order valence-corrected chi connectivity index (χ1v) is 9.57. The minimum Gasteiger partial charge on any atom is -0.365 e. The van der Waals surface area contributed by atoms with Crippen LogP contribution in [0, 0.1) is 6.92 Å². The first-order chi connectivity index (χ1) is 14.1. The quantitative estimate of drug-likeness (QED) is 0.560. The maximum absolute atomic E-state index is 12.0. The third kappa shape index (κ3) is 4.26. The summed E-state index contributed by atoms with van der Waals surface area (Å²) in [6, 6.07) is 11.7. The second-order valence-electron chi connectivity index (χ2n) is 7.06. The molecular weight excluding hydrogens is 366 g/mol. The number of carbonyl (C=O) groups excluding carboxylic acids is 1. The molecule has 1 saturated heterocycles. The summed E-state index contributed by atoms with van der Waals surface area (Å²) in [4.78, 5) is 23.1. The molecule has 8 nitrogen and oxygen atoms in total. The number of benzene rings is 1. The van der Waals surface area contributed by atoms with Crippen LogP contribution in [0.25, 0.3) is 0 Å². The van der Waals surface area contributed by atoms with Gasteiger partial charge in [-0.1, -0.05) is 12.1 Å². The fourth-order valence-corrected chi connectivity index (χ4v) is 3.36. The van der Waals surface area contributed by atoms with Crippen LogP contribution in [-0.2, 0) is 0 Å². The highest BCUT2D eigenvalue weighted by molar-refractivity contribution is 6.03. The van der Waals surface area contributed by atoms with Crippen molar-refractivity contribution in [3.63, 3.8) is 0 Å². The summed E-state index contributed by atoms with van der Waals surface area (Å²) < 4.78 is 0. The van der Waals surface area contributed by atoms with E-state index in [2.05, 4.69) is 30.4 Å². The lowest BCUT2D eigenvalue weighted by molar-refractivity contribution is 0.100. The zero-order chi connectivity index (χ0) is 20.2. The van der Waals surface area contributed by atoms with E-state index in [1.165, 1.54) is 12.8 Å². The second-order valence-corrected chi connectivity index (χ2v) is 7.06. The maximum atomic E-state index is 12.0. The number of anilines is 3. The molecule has 1 aromatic carbocycles. The average Bonchev–Trinajstić information content (AvgIpc) is 3.37. The lowest BCUT2D eigenvalue weighted by Crippen LogP contribution is -2.18. The van der Waals surface area contributed by atoms with Crippen LogP contribution in [-0.4, -0.2) is 40.4 Å². The van der Waals surface area contributed by atoms with Gasteiger partial charge < -0.3 is 16.0 Å². The number of aliphatic imine (C=N–C) groups is 1. The van der Waals surface area contributed by atoms with Crippen molar-refractivity contribution in [2.75, 3.05) is 23.3 Å². The minimum atomic E-state index is -0.608. The fourth-order valence-electron chi connectivity index (χ4n) is 3.36.